The van der Waals surface area contributed by atoms with Gasteiger partial charge in [-0.15, -0.1) is 0 Å². The number of esters is 1. The normalized spacial score (nSPS) is 23.2. The summed E-state index contributed by atoms with van der Waals surface area (Å²) in [5.41, 5.74) is 0.763. The monoisotopic (exact) mass is 507 g/mol. The van der Waals surface area contributed by atoms with Crippen LogP contribution in [0.25, 0.3) is 0 Å². The Labute approximate surface area is 203 Å². The third kappa shape index (κ3) is 5.39. The minimum atomic E-state index is -3.76. The molecule has 11 nitrogen and oxygen atoms in total. The van der Waals surface area contributed by atoms with E-state index in [9.17, 15) is 27.6 Å². The van der Waals surface area contributed by atoms with Crippen LogP contribution in [0.3, 0.4) is 0 Å². The summed E-state index contributed by atoms with van der Waals surface area (Å²) < 4.78 is 37.5. The van der Waals surface area contributed by atoms with Crippen molar-refractivity contribution in [3.05, 3.63) is 23.8 Å². The molecular weight excluding hydrogens is 478 g/mol. The first-order valence-corrected chi connectivity index (χ1v) is 13.1. The largest absolute Gasteiger partial charge is 0.454 e. The van der Waals surface area contributed by atoms with E-state index in [0.29, 0.717) is 31.6 Å². The van der Waals surface area contributed by atoms with Crippen LogP contribution < -0.4 is 5.32 Å². The number of likely N-dealkylation sites (tertiary alicyclic amines) is 1. The first kappa shape index (κ1) is 25.3. The second kappa shape index (κ2) is 10.4. The molecule has 0 radical (unpaired) electrons. The van der Waals surface area contributed by atoms with Crippen molar-refractivity contribution in [2.45, 2.75) is 37.5 Å². The molecular formula is C23H29N3O8S. The molecule has 3 fully saturated rings. The summed E-state index contributed by atoms with van der Waals surface area (Å²) in [5, 5.41) is 2.52. The number of benzene rings is 1. The van der Waals surface area contributed by atoms with Crippen LogP contribution >= 0.6 is 0 Å². The van der Waals surface area contributed by atoms with Gasteiger partial charge in [0.25, 0.3) is 5.91 Å². The standard InChI is InChI=1S/C23H29N3O8S/c1-15-6-7-16(12-19(15)35(31,32)25-8-10-33-11-9-25)24-20(27)14-34-21(28)13-26-22(29)17-4-2-3-5-18(17)23(26)30/h6-7,12,17-18H,2-5,8-11,13-14H2,1H3,(H,24,27)/t17-,18-/m1/s1. The van der Waals surface area contributed by atoms with E-state index >= 15 is 0 Å². The number of nitrogens with one attached hydrogen (secondary N) is 1. The first-order chi connectivity index (χ1) is 16.7. The molecule has 2 aliphatic heterocycles. The Hall–Kier alpha value is -2.83. The molecule has 0 aromatic heterocycles. The van der Waals surface area contributed by atoms with Gasteiger partial charge in [0, 0.05) is 18.8 Å². The van der Waals surface area contributed by atoms with E-state index in [2.05, 4.69) is 5.32 Å². The van der Waals surface area contributed by atoms with E-state index in [1.165, 1.54) is 10.4 Å². The number of nitrogens with zero attached hydrogens (tertiary/aromatic N) is 2. The molecule has 1 aromatic carbocycles. The Balaban J connectivity index is 1.32. The van der Waals surface area contributed by atoms with Gasteiger partial charge in [-0.3, -0.25) is 24.1 Å². The number of sulfonamides is 1. The Kier molecular flexibility index (Phi) is 7.53. The van der Waals surface area contributed by atoms with E-state index in [1.807, 2.05) is 0 Å². The molecule has 2 atom stereocenters. The summed E-state index contributed by atoms with van der Waals surface area (Å²) in [5.74, 6) is -2.97. The van der Waals surface area contributed by atoms with Crippen molar-refractivity contribution < 1.29 is 37.1 Å². The maximum Gasteiger partial charge on any atom is 0.326 e. The van der Waals surface area contributed by atoms with Crippen LogP contribution in [0, 0.1) is 18.8 Å². The zero-order valence-electron chi connectivity index (χ0n) is 19.5. The molecule has 0 unspecified atom stereocenters. The Morgan fingerprint density at radius 2 is 1.71 bits per heavy atom. The lowest BCUT2D eigenvalue weighted by atomic mass is 9.81. The van der Waals surface area contributed by atoms with Crippen molar-refractivity contribution >= 4 is 39.4 Å². The van der Waals surface area contributed by atoms with Crippen molar-refractivity contribution in [2.75, 3.05) is 44.8 Å². The van der Waals surface area contributed by atoms with E-state index in [4.69, 9.17) is 9.47 Å². The molecule has 35 heavy (non-hydrogen) atoms. The number of carbonyl (C=O) groups excluding carboxylic acids is 4. The molecule has 2 heterocycles. The summed E-state index contributed by atoms with van der Waals surface area (Å²) in [4.78, 5) is 50.5. The maximum absolute atomic E-state index is 13.0. The van der Waals surface area contributed by atoms with E-state index < -0.39 is 35.1 Å². The van der Waals surface area contributed by atoms with Crippen LogP contribution in [0.4, 0.5) is 5.69 Å². The van der Waals surface area contributed by atoms with Crippen LogP contribution in [0.1, 0.15) is 31.2 Å². The second-order valence-electron chi connectivity index (χ2n) is 8.97. The number of imide groups is 1. The van der Waals surface area contributed by atoms with Gasteiger partial charge in [-0.05, 0) is 37.5 Å². The quantitative estimate of drug-likeness (QED) is 0.420. The van der Waals surface area contributed by atoms with Gasteiger partial charge in [0.1, 0.15) is 6.54 Å². The number of ether oxygens (including phenoxy) is 2. The summed E-state index contributed by atoms with van der Waals surface area (Å²) in [7, 11) is -3.76. The topological polar surface area (TPSA) is 139 Å². The average Bonchev–Trinajstić information content (AvgIpc) is 3.09. The van der Waals surface area contributed by atoms with Gasteiger partial charge >= 0.3 is 5.97 Å². The molecule has 190 valence electrons. The van der Waals surface area contributed by atoms with Crippen LogP contribution in [0.15, 0.2) is 23.1 Å². The van der Waals surface area contributed by atoms with Crippen molar-refractivity contribution in [3.8, 4) is 0 Å². The highest BCUT2D eigenvalue weighted by Crippen LogP contribution is 2.37. The molecule has 1 N–H and O–H groups in total. The summed E-state index contributed by atoms with van der Waals surface area (Å²) in [6.07, 6.45) is 3.05. The molecule has 2 saturated heterocycles. The molecule has 0 spiro atoms. The predicted octanol–water partition coefficient (Wildman–Crippen LogP) is 0.673. The fourth-order valence-corrected chi connectivity index (χ4v) is 6.45. The van der Waals surface area contributed by atoms with Gasteiger partial charge in [0.2, 0.25) is 21.8 Å². The van der Waals surface area contributed by atoms with Gasteiger partial charge in [0.05, 0.1) is 29.9 Å². The number of hydrogen-bond acceptors (Lipinski definition) is 8. The summed E-state index contributed by atoms with van der Waals surface area (Å²) in [6, 6.07) is 4.50. The SMILES string of the molecule is Cc1ccc(NC(=O)COC(=O)CN2C(=O)[C@@H]3CCCC[C@H]3C2=O)cc1S(=O)(=O)N1CCOCC1. The van der Waals surface area contributed by atoms with Gasteiger partial charge in [-0.2, -0.15) is 4.31 Å². The number of amides is 3. The molecule has 3 aliphatic rings. The van der Waals surface area contributed by atoms with Crippen LogP contribution in [-0.2, 0) is 38.7 Å². The maximum atomic E-state index is 13.0. The molecule has 1 saturated carbocycles. The number of anilines is 1. The predicted molar refractivity (Wildman–Crippen MR) is 123 cm³/mol. The third-order valence-electron chi connectivity index (χ3n) is 6.64. The van der Waals surface area contributed by atoms with E-state index in [1.54, 1.807) is 19.1 Å². The Bertz CT molecular complexity index is 1110. The minimum absolute atomic E-state index is 0.0710. The number of aryl methyl sites for hydroxylation is 1. The number of morpholine rings is 1. The highest BCUT2D eigenvalue weighted by Gasteiger charge is 2.48. The molecule has 12 heteroatoms. The lowest BCUT2D eigenvalue weighted by Crippen LogP contribution is -2.40. The van der Waals surface area contributed by atoms with E-state index in [-0.39, 0.29) is 47.3 Å². The molecule has 3 amide bonds. The van der Waals surface area contributed by atoms with Crippen molar-refractivity contribution in [2.24, 2.45) is 11.8 Å². The van der Waals surface area contributed by atoms with Gasteiger partial charge in [-0.1, -0.05) is 18.9 Å². The number of fused-ring (bicyclic) bond motifs is 1. The Morgan fingerprint density at radius 3 is 2.34 bits per heavy atom. The number of carbonyl (C=O) groups is 4. The molecule has 1 aromatic rings. The summed E-state index contributed by atoms with van der Waals surface area (Å²) in [6.45, 7) is 1.63. The van der Waals surface area contributed by atoms with Crippen LogP contribution in [0.2, 0.25) is 0 Å². The summed E-state index contributed by atoms with van der Waals surface area (Å²) >= 11 is 0. The highest BCUT2D eigenvalue weighted by molar-refractivity contribution is 7.89. The smallest absolute Gasteiger partial charge is 0.326 e. The van der Waals surface area contributed by atoms with Gasteiger partial charge in [0.15, 0.2) is 6.61 Å². The lowest BCUT2D eigenvalue weighted by molar-refractivity contribution is -0.154. The second-order valence-corrected chi connectivity index (χ2v) is 10.9. The first-order valence-electron chi connectivity index (χ1n) is 11.7. The Morgan fingerprint density at radius 1 is 1.09 bits per heavy atom. The van der Waals surface area contributed by atoms with Crippen LogP contribution in [-0.4, -0.2) is 80.8 Å². The van der Waals surface area contributed by atoms with Crippen LogP contribution in [0.5, 0.6) is 0 Å². The van der Waals surface area contributed by atoms with Crippen molar-refractivity contribution in [1.29, 1.82) is 0 Å². The zero-order chi connectivity index (χ0) is 25.2. The minimum Gasteiger partial charge on any atom is -0.454 e. The molecule has 1 aliphatic carbocycles. The zero-order valence-corrected chi connectivity index (χ0v) is 20.3. The van der Waals surface area contributed by atoms with Crippen molar-refractivity contribution in [1.82, 2.24) is 9.21 Å². The fourth-order valence-electron chi connectivity index (χ4n) is 4.79. The highest BCUT2D eigenvalue weighted by atomic mass is 32.2. The lowest BCUT2D eigenvalue weighted by Gasteiger charge is -2.26. The molecule has 4 rings (SSSR count). The van der Waals surface area contributed by atoms with Gasteiger partial charge < -0.3 is 14.8 Å². The molecule has 0 bridgehead atoms. The number of rotatable bonds is 7. The van der Waals surface area contributed by atoms with Gasteiger partial charge in [-0.25, -0.2) is 8.42 Å². The van der Waals surface area contributed by atoms with Crippen molar-refractivity contribution in [3.63, 3.8) is 0 Å². The third-order valence-corrected chi connectivity index (χ3v) is 8.68. The van der Waals surface area contributed by atoms with E-state index in [0.717, 1.165) is 17.7 Å². The number of hydrogen-bond donors (Lipinski definition) is 1. The fraction of sp³-hybridized carbons (Fsp3) is 0.565. The average molecular weight is 508 g/mol.